The van der Waals surface area contributed by atoms with E-state index in [-0.39, 0.29) is 24.8 Å². The SMILES string of the molecule is N#CCCCS(=O)(=O)N1CCC[C@@H]1CO. The maximum Gasteiger partial charge on any atom is 0.214 e. The molecule has 0 saturated carbocycles. The zero-order chi connectivity index (χ0) is 11.3. The monoisotopic (exact) mass is 232 g/mol. The molecule has 0 aromatic heterocycles. The van der Waals surface area contributed by atoms with Crippen LogP contribution in [0.4, 0.5) is 0 Å². The Hall–Kier alpha value is -0.640. The normalized spacial score (nSPS) is 22.8. The minimum atomic E-state index is -3.27. The Morgan fingerprint density at radius 2 is 2.27 bits per heavy atom. The lowest BCUT2D eigenvalue weighted by Gasteiger charge is -2.21. The molecule has 1 saturated heterocycles. The van der Waals surface area contributed by atoms with Gasteiger partial charge in [-0.2, -0.15) is 9.57 Å². The van der Waals surface area contributed by atoms with Crippen molar-refractivity contribution in [3.05, 3.63) is 0 Å². The third-order valence-electron chi connectivity index (χ3n) is 2.58. The summed E-state index contributed by atoms with van der Waals surface area (Å²) in [6.07, 6.45) is 2.17. The van der Waals surface area contributed by atoms with Gasteiger partial charge in [-0.15, -0.1) is 0 Å². The van der Waals surface area contributed by atoms with Crippen molar-refractivity contribution in [2.45, 2.75) is 31.7 Å². The highest BCUT2D eigenvalue weighted by Gasteiger charge is 2.32. The van der Waals surface area contributed by atoms with E-state index in [0.717, 1.165) is 12.8 Å². The molecule has 15 heavy (non-hydrogen) atoms. The van der Waals surface area contributed by atoms with Crippen molar-refractivity contribution in [3.63, 3.8) is 0 Å². The Balaban J connectivity index is 2.57. The van der Waals surface area contributed by atoms with E-state index in [1.807, 2.05) is 6.07 Å². The number of unbranched alkanes of at least 4 members (excludes halogenated alkanes) is 1. The predicted octanol–water partition coefficient (Wildman–Crippen LogP) is 0.0767. The van der Waals surface area contributed by atoms with Gasteiger partial charge in [0.05, 0.1) is 18.4 Å². The minimum absolute atomic E-state index is 0.0110. The molecule has 0 aromatic rings. The Kier molecular flexibility index (Phi) is 4.51. The minimum Gasteiger partial charge on any atom is -0.395 e. The zero-order valence-corrected chi connectivity index (χ0v) is 9.41. The average Bonchev–Trinajstić information content (AvgIpc) is 2.66. The van der Waals surface area contributed by atoms with Crippen LogP contribution in [-0.4, -0.2) is 42.8 Å². The van der Waals surface area contributed by atoms with Gasteiger partial charge >= 0.3 is 0 Å². The van der Waals surface area contributed by atoms with Gasteiger partial charge in [0.15, 0.2) is 0 Å². The van der Waals surface area contributed by atoms with Gasteiger partial charge in [-0.25, -0.2) is 8.42 Å². The smallest absolute Gasteiger partial charge is 0.214 e. The molecule has 0 aliphatic carbocycles. The molecule has 1 aliphatic heterocycles. The van der Waals surface area contributed by atoms with Crippen molar-refractivity contribution in [2.75, 3.05) is 18.9 Å². The van der Waals surface area contributed by atoms with Gasteiger partial charge in [0.2, 0.25) is 10.0 Å². The molecule has 1 rings (SSSR count). The standard InChI is InChI=1S/C9H16N2O3S/c10-5-1-2-7-15(13,14)11-6-3-4-9(11)8-12/h9,12H,1-4,6-8H2/t9-/m1/s1. The predicted molar refractivity (Wildman–Crippen MR) is 55.4 cm³/mol. The van der Waals surface area contributed by atoms with Gasteiger partial charge in [0, 0.05) is 19.0 Å². The fraction of sp³-hybridized carbons (Fsp3) is 0.889. The number of aliphatic hydroxyl groups excluding tert-OH is 1. The number of hydrogen-bond acceptors (Lipinski definition) is 4. The quantitative estimate of drug-likeness (QED) is 0.680. The molecule has 6 heteroatoms. The van der Waals surface area contributed by atoms with Gasteiger partial charge in [0.25, 0.3) is 0 Å². The molecular formula is C9H16N2O3S. The molecule has 1 atom stereocenters. The molecule has 0 radical (unpaired) electrons. The molecule has 1 fully saturated rings. The van der Waals surface area contributed by atoms with E-state index in [4.69, 9.17) is 10.4 Å². The molecule has 1 aliphatic rings. The first-order chi connectivity index (χ1) is 7.11. The number of nitriles is 1. The topological polar surface area (TPSA) is 81.4 Å². The van der Waals surface area contributed by atoms with Crippen LogP contribution in [-0.2, 0) is 10.0 Å². The summed E-state index contributed by atoms with van der Waals surface area (Å²) in [5, 5.41) is 17.3. The lowest BCUT2D eigenvalue weighted by atomic mass is 10.2. The van der Waals surface area contributed by atoms with Crippen LogP contribution in [0.1, 0.15) is 25.7 Å². The van der Waals surface area contributed by atoms with E-state index in [2.05, 4.69) is 0 Å². The summed E-state index contributed by atoms with van der Waals surface area (Å²) in [5.74, 6) is 0.0110. The van der Waals surface area contributed by atoms with Gasteiger partial charge in [0.1, 0.15) is 0 Å². The van der Waals surface area contributed by atoms with E-state index in [9.17, 15) is 8.42 Å². The maximum atomic E-state index is 11.8. The fourth-order valence-electron chi connectivity index (χ4n) is 1.81. The first kappa shape index (κ1) is 12.4. The molecule has 0 aromatic carbocycles. The van der Waals surface area contributed by atoms with Crippen LogP contribution in [0.25, 0.3) is 0 Å². The summed E-state index contributed by atoms with van der Waals surface area (Å²) in [6.45, 7) is 0.387. The lowest BCUT2D eigenvalue weighted by Crippen LogP contribution is -2.38. The largest absolute Gasteiger partial charge is 0.395 e. The second-order valence-corrected chi connectivity index (χ2v) is 5.71. The number of hydrogen-bond donors (Lipinski definition) is 1. The second-order valence-electron chi connectivity index (χ2n) is 3.67. The highest BCUT2D eigenvalue weighted by Crippen LogP contribution is 2.21. The number of nitrogens with zero attached hydrogens (tertiary/aromatic N) is 2. The second kappa shape index (κ2) is 5.45. The Bertz CT molecular complexity index is 334. The lowest BCUT2D eigenvalue weighted by molar-refractivity contribution is 0.213. The fourth-order valence-corrected chi connectivity index (χ4v) is 3.59. The first-order valence-electron chi connectivity index (χ1n) is 5.09. The maximum absolute atomic E-state index is 11.8. The van der Waals surface area contributed by atoms with Crippen LogP contribution < -0.4 is 0 Å². The summed E-state index contributed by atoms with van der Waals surface area (Å²) in [4.78, 5) is 0. The van der Waals surface area contributed by atoms with Crippen LogP contribution >= 0.6 is 0 Å². The van der Waals surface area contributed by atoms with Gasteiger partial charge < -0.3 is 5.11 Å². The molecule has 1 heterocycles. The van der Waals surface area contributed by atoms with E-state index in [1.165, 1.54) is 4.31 Å². The Labute approximate surface area is 90.4 Å². The number of sulfonamides is 1. The van der Waals surface area contributed by atoms with E-state index >= 15 is 0 Å². The van der Waals surface area contributed by atoms with Crippen molar-refractivity contribution in [1.29, 1.82) is 5.26 Å². The summed E-state index contributed by atoms with van der Waals surface area (Å²) in [5.41, 5.74) is 0. The molecule has 1 N–H and O–H groups in total. The Morgan fingerprint density at radius 3 is 2.87 bits per heavy atom. The number of aliphatic hydroxyl groups is 1. The third kappa shape index (κ3) is 3.16. The van der Waals surface area contributed by atoms with Crippen LogP contribution in [0.15, 0.2) is 0 Å². The van der Waals surface area contributed by atoms with Crippen LogP contribution in [0.2, 0.25) is 0 Å². The van der Waals surface area contributed by atoms with Crippen molar-refractivity contribution < 1.29 is 13.5 Å². The van der Waals surface area contributed by atoms with Crippen molar-refractivity contribution in [2.24, 2.45) is 0 Å². The van der Waals surface area contributed by atoms with Crippen LogP contribution in [0.5, 0.6) is 0 Å². The summed E-state index contributed by atoms with van der Waals surface area (Å²) < 4.78 is 24.9. The number of rotatable bonds is 5. The van der Waals surface area contributed by atoms with Crippen LogP contribution in [0, 0.1) is 11.3 Å². The van der Waals surface area contributed by atoms with Crippen molar-refractivity contribution >= 4 is 10.0 Å². The van der Waals surface area contributed by atoms with Crippen LogP contribution in [0.3, 0.4) is 0 Å². The molecule has 0 unspecified atom stereocenters. The van der Waals surface area contributed by atoms with Gasteiger partial charge in [-0.05, 0) is 19.3 Å². The molecule has 0 bridgehead atoms. The average molecular weight is 232 g/mol. The van der Waals surface area contributed by atoms with Gasteiger partial charge in [-0.3, -0.25) is 0 Å². The highest BCUT2D eigenvalue weighted by molar-refractivity contribution is 7.89. The summed E-state index contributed by atoms with van der Waals surface area (Å²) >= 11 is 0. The van der Waals surface area contributed by atoms with E-state index in [0.29, 0.717) is 13.0 Å². The summed E-state index contributed by atoms with van der Waals surface area (Å²) in [6, 6.07) is 1.67. The molecular weight excluding hydrogens is 216 g/mol. The molecule has 86 valence electrons. The first-order valence-corrected chi connectivity index (χ1v) is 6.70. The van der Waals surface area contributed by atoms with E-state index in [1.54, 1.807) is 0 Å². The summed E-state index contributed by atoms with van der Waals surface area (Å²) in [7, 11) is -3.27. The van der Waals surface area contributed by atoms with Gasteiger partial charge in [-0.1, -0.05) is 0 Å². The van der Waals surface area contributed by atoms with Crippen molar-refractivity contribution in [3.8, 4) is 6.07 Å². The highest BCUT2D eigenvalue weighted by atomic mass is 32.2. The van der Waals surface area contributed by atoms with E-state index < -0.39 is 10.0 Å². The van der Waals surface area contributed by atoms with Crippen molar-refractivity contribution in [1.82, 2.24) is 4.31 Å². The zero-order valence-electron chi connectivity index (χ0n) is 8.59. The third-order valence-corrected chi connectivity index (χ3v) is 4.58. The molecule has 5 nitrogen and oxygen atoms in total. The molecule has 0 amide bonds. The Morgan fingerprint density at radius 1 is 1.53 bits per heavy atom. The molecule has 0 spiro atoms.